The second kappa shape index (κ2) is 9.00. The van der Waals surface area contributed by atoms with E-state index in [1.165, 1.54) is 25.3 Å². The molecule has 1 aliphatic heterocycles. The summed E-state index contributed by atoms with van der Waals surface area (Å²) in [5, 5.41) is 5.68. The maximum Gasteiger partial charge on any atom is 0.322 e. The van der Waals surface area contributed by atoms with Crippen molar-refractivity contribution in [3.8, 4) is 5.75 Å². The van der Waals surface area contributed by atoms with Crippen molar-refractivity contribution >= 4 is 27.6 Å². The lowest BCUT2D eigenvalue weighted by molar-refractivity contribution is -0.121. The van der Waals surface area contributed by atoms with Gasteiger partial charge in [-0.15, -0.1) is 0 Å². The Hall–Kier alpha value is -2.33. The summed E-state index contributed by atoms with van der Waals surface area (Å²) in [6.45, 7) is 2.75. The van der Waals surface area contributed by atoms with Crippen molar-refractivity contribution in [3.05, 3.63) is 18.2 Å². The van der Waals surface area contributed by atoms with Crippen LogP contribution in [0.4, 0.5) is 10.5 Å². The lowest BCUT2D eigenvalue weighted by Gasteiger charge is -2.33. The minimum atomic E-state index is -3.65. The average Bonchev–Trinajstić information content (AvgIpc) is 3.51. The number of hydrogen-bond donors (Lipinski definition) is 3. The molecule has 1 unspecified atom stereocenters. The highest BCUT2D eigenvalue weighted by molar-refractivity contribution is 7.89. The van der Waals surface area contributed by atoms with Crippen LogP contribution in [0.15, 0.2) is 23.1 Å². The highest BCUT2D eigenvalue weighted by Gasteiger charge is 2.29. The van der Waals surface area contributed by atoms with E-state index in [2.05, 4.69) is 15.4 Å². The Labute approximate surface area is 171 Å². The Balaban J connectivity index is 1.71. The molecule has 1 heterocycles. The van der Waals surface area contributed by atoms with E-state index in [1.807, 2.05) is 0 Å². The number of piperidine rings is 1. The third-order valence-electron chi connectivity index (χ3n) is 5.02. The van der Waals surface area contributed by atoms with Crippen molar-refractivity contribution in [2.24, 2.45) is 0 Å². The summed E-state index contributed by atoms with van der Waals surface area (Å²) in [5.41, 5.74) is 0.288. The summed E-state index contributed by atoms with van der Waals surface area (Å²) < 4.78 is 32.9. The maximum atomic E-state index is 12.8. The van der Waals surface area contributed by atoms with Gasteiger partial charge in [-0.2, -0.15) is 0 Å². The van der Waals surface area contributed by atoms with Crippen molar-refractivity contribution in [1.82, 2.24) is 14.9 Å². The number of nitrogens with one attached hydrogen (secondary N) is 3. The summed E-state index contributed by atoms with van der Waals surface area (Å²) in [6, 6.07) is 3.93. The highest BCUT2D eigenvalue weighted by Crippen LogP contribution is 2.29. The lowest BCUT2D eigenvalue weighted by Crippen LogP contribution is -2.50. The third kappa shape index (κ3) is 5.60. The molecule has 0 radical (unpaired) electrons. The van der Waals surface area contributed by atoms with E-state index in [0.29, 0.717) is 25.3 Å². The predicted octanol–water partition coefficient (Wildman–Crippen LogP) is 1.66. The Morgan fingerprint density at radius 1 is 1.21 bits per heavy atom. The molecular formula is C19H28N4O5S. The van der Waals surface area contributed by atoms with Crippen LogP contribution in [0, 0.1) is 0 Å². The van der Waals surface area contributed by atoms with Gasteiger partial charge in [-0.1, -0.05) is 6.92 Å². The van der Waals surface area contributed by atoms with Gasteiger partial charge in [-0.25, -0.2) is 17.9 Å². The Morgan fingerprint density at radius 2 is 1.97 bits per heavy atom. The highest BCUT2D eigenvalue weighted by atomic mass is 32.2. The zero-order valence-electron chi connectivity index (χ0n) is 16.7. The van der Waals surface area contributed by atoms with Crippen molar-refractivity contribution in [2.45, 2.75) is 56.0 Å². The first-order valence-corrected chi connectivity index (χ1v) is 11.4. The number of likely N-dealkylation sites (tertiary alicyclic amines) is 1. The normalized spacial score (nSPS) is 19.5. The summed E-state index contributed by atoms with van der Waals surface area (Å²) in [4.78, 5) is 26.1. The Morgan fingerprint density at radius 3 is 2.62 bits per heavy atom. The predicted molar refractivity (Wildman–Crippen MR) is 108 cm³/mol. The quantitative estimate of drug-likeness (QED) is 0.615. The fourth-order valence-electron chi connectivity index (χ4n) is 3.24. The molecule has 3 amide bonds. The van der Waals surface area contributed by atoms with Gasteiger partial charge in [0, 0.05) is 31.6 Å². The number of sulfonamides is 1. The first-order chi connectivity index (χ1) is 13.8. The van der Waals surface area contributed by atoms with Crippen LogP contribution in [0.5, 0.6) is 5.75 Å². The molecule has 1 saturated carbocycles. The van der Waals surface area contributed by atoms with E-state index >= 15 is 0 Å². The van der Waals surface area contributed by atoms with Crippen molar-refractivity contribution < 1.29 is 22.7 Å². The minimum Gasteiger partial charge on any atom is -0.495 e. The van der Waals surface area contributed by atoms with Crippen molar-refractivity contribution in [2.75, 3.05) is 25.5 Å². The van der Waals surface area contributed by atoms with E-state index in [0.717, 1.165) is 25.7 Å². The molecule has 0 spiro atoms. The standard InChI is InChI=1S/C19H28N4O5S/c1-3-18(24)20-14-5-4-10-23(12-14)19(25)21-16-11-15(8-9-17(16)28-2)29(26,27)22-13-6-7-13/h8-9,11,13-14,22H,3-7,10,12H2,1-2H3,(H,20,24)(H,21,25). The largest absolute Gasteiger partial charge is 0.495 e. The minimum absolute atomic E-state index is 0.0104. The van der Waals surface area contributed by atoms with Gasteiger partial charge in [0.1, 0.15) is 5.75 Å². The molecule has 10 heteroatoms. The smallest absolute Gasteiger partial charge is 0.322 e. The number of carbonyl (C=O) groups is 2. The number of carbonyl (C=O) groups excluding carboxylic acids is 2. The van der Waals surface area contributed by atoms with Crippen molar-refractivity contribution in [1.29, 1.82) is 0 Å². The number of urea groups is 1. The molecule has 29 heavy (non-hydrogen) atoms. The number of rotatable bonds is 7. The SMILES string of the molecule is CCC(=O)NC1CCCN(C(=O)Nc2cc(S(=O)(=O)NC3CC3)ccc2OC)C1. The number of ether oxygens (including phenoxy) is 1. The number of methoxy groups -OCH3 is 1. The number of amides is 3. The summed E-state index contributed by atoms with van der Waals surface area (Å²) in [6.07, 6.45) is 3.67. The molecule has 9 nitrogen and oxygen atoms in total. The van der Waals surface area contributed by atoms with E-state index < -0.39 is 10.0 Å². The zero-order valence-corrected chi connectivity index (χ0v) is 17.5. The average molecular weight is 425 g/mol. The van der Waals surface area contributed by atoms with Crippen LogP contribution < -0.4 is 20.1 Å². The van der Waals surface area contributed by atoms with Gasteiger partial charge in [0.25, 0.3) is 0 Å². The maximum absolute atomic E-state index is 12.8. The fraction of sp³-hybridized carbons (Fsp3) is 0.579. The number of nitrogens with zero attached hydrogens (tertiary/aromatic N) is 1. The molecule has 0 aromatic heterocycles. The second-order valence-electron chi connectivity index (χ2n) is 7.39. The number of hydrogen-bond acceptors (Lipinski definition) is 5. The van der Waals surface area contributed by atoms with Crippen LogP contribution in [-0.2, 0) is 14.8 Å². The van der Waals surface area contributed by atoms with Gasteiger partial charge in [-0.05, 0) is 43.9 Å². The van der Waals surface area contributed by atoms with Gasteiger partial charge >= 0.3 is 6.03 Å². The second-order valence-corrected chi connectivity index (χ2v) is 9.11. The van der Waals surface area contributed by atoms with Crippen LogP contribution in [-0.4, -0.2) is 57.5 Å². The van der Waals surface area contributed by atoms with Crippen LogP contribution in [0.1, 0.15) is 39.0 Å². The first-order valence-electron chi connectivity index (χ1n) is 9.88. The molecule has 1 aliphatic carbocycles. The van der Waals surface area contributed by atoms with Crippen LogP contribution in [0.25, 0.3) is 0 Å². The molecule has 2 fully saturated rings. The van der Waals surface area contributed by atoms with E-state index in [1.54, 1.807) is 11.8 Å². The van der Waals surface area contributed by atoms with Gasteiger partial charge in [0.15, 0.2) is 0 Å². The Bertz CT molecular complexity index is 869. The molecular weight excluding hydrogens is 396 g/mol. The molecule has 3 rings (SSSR count). The van der Waals surface area contributed by atoms with Crippen LogP contribution in [0.2, 0.25) is 0 Å². The van der Waals surface area contributed by atoms with E-state index in [9.17, 15) is 18.0 Å². The monoisotopic (exact) mass is 424 g/mol. The van der Waals surface area contributed by atoms with Gasteiger partial charge in [0.2, 0.25) is 15.9 Å². The number of anilines is 1. The molecule has 2 aliphatic rings. The molecule has 1 saturated heterocycles. The zero-order chi connectivity index (χ0) is 21.0. The topological polar surface area (TPSA) is 117 Å². The summed E-state index contributed by atoms with van der Waals surface area (Å²) >= 11 is 0. The van der Waals surface area contributed by atoms with Crippen LogP contribution >= 0.6 is 0 Å². The van der Waals surface area contributed by atoms with Crippen molar-refractivity contribution in [3.63, 3.8) is 0 Å². The van der Waals surface area contributed by atoms with E-state index in [4.69, 9.17) is 4.74 Å². The molecule has 160 valence electrons. The lowest BCUT2D eigenvalue weighted by atomic mass is 10.1. The summed E-state index contributed by atoms with van der Waals surface area (Å²) in [7, 11) is -2.19. The molecule has 3 N–H and O–H groups in total. The molecule has 1 aromatic rings. The Kier molecular flexibility index (Phi) is 6.63. The first kappa shape index (κ1) is 21.4. The molecule has 1 atom stereocenters. The molecule has 0 bridgehead atoms. The van der Waals surface area contributed by atoms with Gasteiger partial charge in [-0.3, -0.25) is 4.79 Å². The number of benzene rings is 1. The van der Waals surface area contributed by atoms with Gasteiger partial charge < -0.3 is 20.3 Å². The van der Waals surface area contributed by atoms with Crippen LogP contribution in [0.3, 0.4) is 0 Å². The van der Waals surface area contributed by atoms with E-state index in [-0.39, 0.29) is 34.6 Å². The summed E-state index contributed by atoms with van der Waals surface area (Å²) in [5.74, 6) is 0.330. The third-order valence-corrected chi connectivity index (χ3v) is 6.54. The fourth-order valence-corrected chi connectivity index (χ4v) is 4.57. The van der Waals surface area contributed by atoms with Gasteiger partial charge in [0.05, 0.1) is 17.7 Å². The molecule has 1 aromatic carbocycles.